The summed E-state index contributed by atoms with van der Waals surface area (Å²) < 4.78 is 0.690. The third-order valence-electron chi connectivity index (χ3n) is 6.60. The minimum atomic E-state index is -0.103. The smallest absolute Gasteiger partial charge is 0.279 e. The minimum Gasteiger partial charge on any atom is -0.380 e. The highest BCUT2D eigenvalue weighted by atomic mass is 16.2. The average molecular weight is 468 g/mol. The van der Waals surface area contributed by atoms with Crippen molar-refractivity contribution in [3.05, 3.63) is 71.1 Å². The van der Waals surface area contributed by atoms with Gasteiger partial charge < -0.3 is 20.0 Å². The maximum absolute atomic E-state index is 13.4. The molecule has 1 aliphatic heterocycles. The van der Waals surface area contributed by atoms with E-state index in [9.17, 15) is 9.59 Å². The molecule has 1 aromatic rings. The van der Waals surface area contributed by atoms with E-state index in [1.54, 1.807) is 21.0 Å². The zero-order valence-corrected chi connectivity index (χ0v) is 21.7. The summed E-state index contributed by atoms with van der Waals surface area (Å²) in [5.41, 5.74) is 4.21. The molecule has 0 radical (unpaired) electrons. The first kappa shape index (κ1) is 27.4. The normalized spacial score (nSPS) is 16.7. The van der Waals surface area contributed by atoms with Crippen LogP contribution >= 0.6 is 0 Å². The molecule has 1 saturated heterocycles. The number of carbonyl (C=O) groups is 2. The van der Waals surface area contributed by atoms with Crippen LogP contribution in [0.15, 0.2) is 65.5 Å². The van der Waals surface area contributed by atoms with Gasteiger partial charge in [0.25, 0.3) is 11.8 Å². The number of likely N-dealkylation sites (N-methyl/N-ethyl adjacent to an activating group) is 1. The molecule has 1 heterocycles. The summed E-state index contributed by atoms with van der Waals surface area (Å²) >= 11 is 0. The molecular formula is C28H43N4O2+. The van der Waals surface area contributed by atoms with Crippen molar-refractivity contribution in [2.75, 3.05) is 40.3 Å². The minimum absolute atomic E-state index is 0.0557. The van der Waals surface area contributed by atoms with Gasteiger partial charge in [0.2, 0.25) is 0 Å². The SMILES string of the molecule is C=C(C[N+]1(CC(=O)NC(/C(C)=C\C)=C(/C)C(=O)N(C)C)CCCCCC1)NCc1ccccc1. The van der Waals surface area contributed by atoms with E-state index in [1.165, 1.54) is 23.3 Å². The zero-order chi connectivity index (χ0) is 25.1. The predicted molar refractivity (Wildman–Crippen MR) is 140 cm³/mol. The fourth-order valence-corrected chi connectivity index (χ4v) is 4.57. The summed E-state index contributed by atoms with van der Waals surface area (Å²) in [6, 6.07) is 10.3. The summed E-state index contributed by atoms with van der Waals surface area (Å²) in [7, 11) is 3.45. The number of nitrogens with one attached hydrogen (secondary N) is 2. The second kappa shape index (κ2) is 13.1. The Bertz CT molecular complexity index is 908. The Labute approximate surface area is 206 Å². The lowest BCUT2D eigenvalue weighted by Gasteiger charge is -2.38. The molecule has 0 aliphatic carbocycles. The van der Waals surface area contributed by atoms with E-state index in [2.05, 4.69) is 29.3 Å². The van der Waals surface area contributed by atoms with Crippen molar-refractivity contribution in [1.82, 2.24) is 15.5 Å². The van der Waals surface area contributed by atoms with Gasteiger partial charge in [0.1, 0.15) is 6.54 Å². The number of allylic oxidation sites excluding steroid dienone is 2. The molecule has 0 saturated carbocycles. The van der Waals surface area contributed by atoms with Crippen LogP contribution in [0.2, 0.25) is 0 Å². The summed E-state index contributed by atoms with van der Waals surface area (Å²) in [6.07, 6.45) is 6.53. The number of carbonyl (C=O) groups excluding carboxylic acids is 2. The molecule has 0 bridgehead atoms. The lowest BCUT2D eigenvalue weighted by molar-refractivity contribution is -0.915. The Morgan fingerprint density at radius 3 is 2.21 bits per heavy atom. The number of likely N-dealkylation sites (tertiary alicyclic amines) is 1. The number of hydrogen-bond donors (Lipinski definition) is 2. The van der Waals surface area contributed by atoms with Crippen LogP contribution in [-0.4, -0.2) is 61.5 Å². The van der Waals surface area contributed by atoms with E-state index < -0.39 is 0 Å². The van der Waals surface area contributed by atoms with Crippen LogP contribution in [-0.2, 0) is 16.1 Å². The third kappa shape index (κ3) is 8.17. The van der Waals surface area contributed by atoms with Crippen LogP contribution < -0.4 is 10.6 Å². The molecule has 34 heavy (non-hydrogen) atoms. The van der Waals surface area contributed by atoms with Gasteiger partial charge >= 0.3 is 0 Å². The Kier molecular flexibility index (Phi) is 10.6. The van der Waals surface area contributed by atoms with Crippen molar-refractivity contribution in [2.45, 2.75) is 53.0 Å². The molecule has 0 atom stereocenters. The molecule has 186 valence electrons. The molecule has 1 aliphatic rings. The molecule has 6 nitrogen and oxygen atoms in total. The standard InChI is InChI=1S/C28H42N4O2/c1-7-22(2)27(24(4)28(34)31(5)6)30-26(33)21-32(17-13-8-9-14-18-32)20-23(3)29-19-25-15-11-10-12-16-25/h7,10-12,15-16,29H,3,8-9,13-14,17-21H2,1-2,4-6H3/p+1/b22-7-. The van der Waals surface area contributed by atoms with E-state index >= 15 is 0 Å². The van der Waals surface area contributed by atoms with Gasteiger partial charge in [-0.05, 0) is 57.6 Å². The number of rotatable bonds is 10. The first-order chi connectivity index (χ1) is 16.2. The van der Waals surface area contributed by atoms with Crippen LogP contribution in [0.1, 0.15) is 52.0 Å². The van der Waals surface area contributed by atoms with Gasteiger partial charge in [0.15, 0.2) is 6.54 Å². The van der Waals surface area contributed by atoms with Crippen molar-refractivity contribution in [3.8, 4) is 0 Å². The van der Waals surface area contributed by atoms with E-state index in [0.29, 0.717) is 22.3 Å². The largest absolute Gasteiger partial charge is 0.380 e. The van der Waals surface area contributed by atoms with Crippen molar-refractivity contribution >= 4 is 11.8 Å². The predicted octanol–water partition coefficient (Wildman–Crippen LogP) is 4.13. The van der Waals surface area contributed by atoms with Crippen molar-refractivity contribution in [2.24, 2.45) is 0 Å². The fourth-order valence-electron chi connectivity index (χ4n) is 4.57. The molecule has 1 fully saturated rings. The number of quaternary nitrogens is 1. The monoisotopic (exact) mass is 467 g/mol. The first-order valence-electron chi connectivity index (χ1n) is 12.3. The Hall–Kier alpha value is -2.86. The second-order valence-corrected chi connectivity index (χ2v) is 9.68. The average Bonchev–Trinajstić information content (AvgIpc) is 3.05. The van der Waals surface area contributed by atoms with E-state index in [-0.39, 0.29) is 11.8 Å². The van der Waals surface area contributed by atoms with Crippen molar-refractivity contribution in [3.63, 3.8) is 0 Å². The second-order valence-electron chi connectivity index (χ2n) is 9.68. The molecular weight excluding hydrogens is 424 g/mol. The first-order valence-corrected chi connectivity index (χ1v) is 12.3. The van der Waals surface area contributed by atoms with E-state index in [4.69, 9.17) is 0 Å². The summed E-state index contributed by atoms with van der Waals surface area (Å²) in [5.74, 6) is -0.159. The number of hydrogen-bond acceptors (Lipinski definition) is 3. The quantitative estimate of drug-likeness (QED) is 0.309. The van der Waals surface area contributed by atoms with Gasteiger partial charge in [-0.2, -0.15) is 0 Å². The highest BCUT2D eigenvalue weighted by molar-refractivity contribution is 5.95. The van der Waals surface area contributed by atoms with Crippen molar-refractivity contribution in [1.29, 1.82) is 0 Å². The lowest BCUT2D eigenvalue weighted by Crippen LogP contribution is -2.55. The molecule has 2 amide bonds. The summed E-state index contributed by atoms with van der Waals surface area (Å²) in [5, 5.41) is 6.55. The van der Waals surface area contributed by atoms with Crippen LogP contribution in [0.25, 0.3) is 0 Å². The van der Waals surface area contributed by atoms with Gasteiger partial charge in [-0.1, -0.05) is 43.0 Å². The van der Waals surface area contributed by atoms with Crippen LogP contribution in [0.3, 0.4) is 0 Å². The van der Waals surface area contributed by atoms with Crippen LogP contribution in [0, 0.1) is 0 Å². The molecule has 6 heteroatoms. The fraction of sp³-hybridized carbons (Fsp3) is 0.500. The molecule has 2 N–H and O–H groups in total. The maximum atomic E-state index is 13.4. The molecule has 0 aromatic heterocycles. The Balaban J connectivity index is 2.17. The van der Waals surface area contributed by atoms with Gasteiger partial charge in [-0.15, -0.1) is 0 Å². The van der Waals surface area contributed by atoms with Crippen molar-refractivity contribution < 1.29 is 14.1 Å². The van der Waals surface area contributed by atoms with Gasteiger partial charge in [-0.3, -0.25) is 9.59 Å². The van der Waals surface area contributed by atoms with Crippen LogP contribution in [0.4, 0.5) is 0 Å². The highest BCUT2D eigenvalue weighted by Crippen LogP contribution is 2.21. The molecule has 0 spiro atoms. The molecule has 2 rings (SSSR count). The van der Waals surface area contributed by atoms with Crippen LogP contribution in [0.5, 0.6) is 0 Å². The number of amides is 2. The summed E-state index contributed by atoms with van der Waals surface area (Å²) in [4.78, 5) is 27.5. The number of nitrogens with zero attached hydrogens (tertiary/aromatic N) is 2. The Morgan fingerprint density at radius 1 is 1.03 bits per heavy atom. The number of benzene rings is 1. The zero-order valence-electron chi connectivity index (χ0n) is 21.7. The summed E-state index contributed by atoms with van der Waals surface area (Å²) in [6.45, 7) is 13.6. The lowest BCUT2D eigenvalue weighted by atomic mass is 10.1. The van der Waals surface area contributed by atoms with Gasteiger partial charge in [0.05, 0.1) is 24.5 Å². The third-order valence-corrected chi connectivity index (χ3v) is 6.60. The van der Waals surface area contributed by atoms with Gasteiger partial charge in [0, 0.05) is 26.2 Å². The topological polar surface area (TPSA) is 61.4 Å². The molecule has 0 unspecified atom stereocenters. The Morgan fingerprint density at radius 2 is 1.65 bits per heavy atom. The van der Waals surface area contributed by atoms with E-state index in [1.807, 2.05) is 38.1 Å². The molecule has 1 aromatic carbocycles. The van der Waals surface area contributed by atoms with Gasteiger partial charge in [-0.25, -0.2) is 0 Å². The highest BCUT2D eigenvalue weighted by Gasteiger charge is 2.33. The maximum Gasteiger partial charge on any atom is 0.279 e. The van der Waals surface area contributed by atoms with E-state index in [0.717, 1.165) is 50.3 Å².